The van der Waals surface area contributed by atoms with Crippen LogP contribution in [0.5, 0.6) is 0 Å². The van der Waals surface area contributed by atoms with E-state index < -0.39 is 0 Å². The van der Waals surface area contributed by atoms with Gasteiger partial charge in [-0.05, 0) is 6.42 Å². The Labute approximate surface area is 70.1 Å². The van der Waals surface area contributed by atoms with Gasteiger partial charge in [0, 0.05) is 6.54 Å². The quantitative estimate of drug-likeness (QED) is 0.714. The van der Waals surface area contributed by atoms with Gasteiger partial charge in [-0.1, -0.05) is 12.1 Å². The Morgan fingerprint density at radius 1 is 1.75 bits per heavy atom. The largest absolute Gasteiger partial charge is 0.363 e. The minimum Gasteiger partial charge on any atom is -0.363 e. The molecule has 1 rings (SSSR count). The normalized spacial score (nSPS) is 9.42. The minimum atomic E-state index is -0.236. The molecule has 2 N–H and O–H groups in total. The molecule has 0 aliphatic carbocycles. The van der Waals surface area contributed by atoms with Gasteiger partial charge in [0.05, 0.1) is 6.20 Å². The molecule has 0 radical (unpaired) electrons. The summed E-state index contributed by atoms with van der Waals surface area (Å²) in [5.41, 5.74) is 0.559. The lowest BCUT2D eigenvalue weighted by molar-refractivity contribution is 0.252. The van der Waals surface area contributed by atoms with E-state index in [9.17, 15) is 4.79 Å². The van der Waals surface area contributed by atoms with Gasteiger partial charge >= 0.3 is 6.03 Å². The zero-order valence-corrected chi connectivity index (χ0v) is 6.83. The third-order valence-corrected chi connectivity index (χ3v) is 1.23. The number of urea groups is 1. The van der Waals surface area contributed by atoms with Crippen molar-refractivity contribution >= 4 is 11.7 Å². The summed E-state index contributed by atoms with van der Waals surface area (Å²) >= 11 is 0. The molecule has 5 heteroatoms. The molecule has 1 heterocycles. The Morgan fingerprint density at radius 2 is 2.58 bits per heavy atom. The number of hydrogen-bond acceptors (Lipinski definition) is 3. The van der Waals surface area contributed by atoms with Crippen molar-refractivity contribution in [1.82, 2.24) is 10.5 Å². The molecule has 0 spiro atoms. The molecule has 0 aliphatic heterocycles. The number of aromatic nitrogens is 1. The van der Waals surface area contributed by atoms with Crippen LogP contribution in [-0.2, 0) is 0 Å². The Hall–Kier alpha value is -1.52. The van der Waals surface area contributed by atoms with E-state index in [1.54, 1.807) is 0 Å². The molecular weight excluding hydrogens is 158 g/mol. The molecule has 5 nitrogen and oxygen atoms in total. The Balaban J connectivity index is 2.27. The molecule has 1 aromatic rings. The van der Waals surface area contributed by atoms with Gasteiger partial charge in [-0.3, -0.25) is 0 Å². The van der Waals surface area contributed by atoms with E-state index in [0.29, 0.717) is 12.2 Å². The lowest BCUT2D eigenvalue weighted by atomic mass is 10.5. The van der Waals surface area contributed by atoms with Gasteiger partial charge < -0.3 is 15.2 Å². The number of carbonyl (C=O) groups is 1. The van der Waals surface area contributed by atoms with Crippen molar-refractivity contribution in [3.63, 3.8) is 0 Å². The lowest BCUT2D eigenvalue weighted by Crippen LogP contribution is -2.28. The molecule has 0 fully saturated rings. The van der Waals surface area contributed by atoms with Gasteiger partial charge in [0.15, 0.2) is 0 Å². The number of carbonyl (C=O) groups excluding carboxylic acids is 1. The van der Waals surface area contributed by atoms with Crippen molar-refractivity contribution in [3.8, 4) is 0 Å². The highest BCUT2D eigenvalue weighted by Gasteiger charge is 2.00. The molecule has 0 aliphatic rings. The molecule has 66 valence electrons. The van der Waals surface area contributed by atoms with Crippen LogP contribution < -0.4 is 10.6 Å². The van der Waals surface area contributed by atoms with Gasteiger partial charge in [-0.25, -0.2) is 4.79 Å². The summed E-state index contributed by atoms with van der Waals surface area (Å²) in [7, 11) is 0. The molecule has 2 amide bonds. The number of nitrogens with one attached hydrogen (secondary N) is 2. The fourth-order valence-corrected chi connectivity index (χ4v) is 0.680. The van der Waals surface area contributed by atoms with Crippen molar-refractivity contribution in [2.75, 3.05) is 11.9 Å². The second kappa shape index (κ2) is 4.38. The molecule has 0 atom stereocenters. The zero-order valence-electron chi connectivity index (χ0n) is 6.83. The van der Waals surface area contributed by atoms with E-state index in [-0.39, 0.29) is 6.03 Å². The average molecular weight is 169 g/mol. The van der Waals surface area contributed by atoms with Crippen molar-refractivity contribution in [2.45, 2.75) is 13.3 Å². The molecule has 0 aromatic carbocycles. The van der Waals surface area contributed by atoms with Gasteiger partial charge in [-0.2, -0.15) is 0 Å². The smallest absolute Gasteiger partial charge is 0.319 e. The standard InChI is InChI=1S/C7H11N3O2/c1-2-3-8-7(11)10-6-4-9-12-5-6/h4-5H,2-3H2,1H3,(H2,8,10,11). The maximum absolute atomic E-state index is 11.0. The topological polar surface area (TPSA) is 67.2 Å². The van der Waals surface area contributed by atoms with Gasteiger partial charge in [0.1, 0.15) is 12.0 Å². The molecule has 0 saturated carbocycles. The van der Waals surface area contributed by atoms with Gasteiger partial charge in [-0.15, -0.1) is 0 Å². The fourth-order valence-electron chi connectivity index (χ4n) is 0.680. The second-order valence-corrected chi connectivity index (χ2v) is 2.29. The highest BCUT2D eigenvalue weighted by molar-refractivity contribution is 5.88. The molecular formula is C7H11N3O2. The lowest BCUT2D eigenvalue weighted by Gasteiger charge is -2.02. The number of rotatable bonds is 3. The minimum absolute atomic E-state index is 0.236. The Bertz CT molecular complexity index is 233. The molecule has 1 aromatic heterocycles. The van der Waals surface area contributed by atoms with Crippen LogP contribution in [0.2, 0.25) is 0 Å². The first-order valence-corrected chi connectivity index (χ1v) is 3.77. The Morgan fingerprint density at radius 3 is 3.17 bits per heavy atom. The molecule has 12 heavy (non-hydrogen) atoms. The average Bonchev–Trinajstić information content (AvgIpc) is 2.53. The summed E-state index contributed by atoms with van der Waals surface area (Å²) < 4.78 is 4.53. The maximum atomic E-state index is 11.0. The summed E-state index contributed by atoms with van der Waals surface area (Å²) in [5.74, 6) is 0. The third kappa shape index (κ3) is 2.61. The van der Waals surface area contributed by atoms with Crippen LogP contribution in [0, 0.1) is 0 Å². The number of nitrogens with zero attached hydrogens (tertiary/aromatic N) is 1. The van der Waals surface area contributed by atoms with E-state index in [1.165, 1.54) is 12.5 Å². The number of amides is 2. The van der Waals surface area contributed by atoms with Crippen molar-refractivity contribution in [3.05, 3.63) is 12.5 Å². The van der Waals surface area contributed by atoms with Crippen LogP contribution in [0.15, 0.2) is 17.0 Å². The molecule has 0 saturated heterocycles. The zero-order chi connectivity index (χ0) is 8.81. The van der Waals surface area contributed by atoms with Crippen LogP contribution >= 0.6 is 0 Å². The fraction of sp³-hybridized carbons (Fsp3) is 0.429. The summed E-state index contributed by atoms with van der Waals surface area (Å²) in [5, 5.41) is 8.64. The van der Waals surface area contributed by atoms with E-state index in [0.717, 1.165) is 6.42 Å². The summed E-state index contributed by atoms with van der Waals surface area (Å²) in [6, 6.07) is -0.236. The number of anilines is 1. The maximum Gasteiger partial charge on any atom is 0.319 e. The van der Waals surface area contributed by atoms with Crippen LogP contribution in [0.25, 0.3) is 0 Å². The van der Waals surface area contributed by atoms with Crippen LogP contribution in [0.4, 0.5) is 10.5 Å². The van der Waals surface area contributed by atoms with Gasteiger partial charge in [0.2, 0.25) is 0 Å². The van der Waals surface area contributed by atoms with Crippen molar-refractivity contribution in [1.29, 1.82) is 0 Å². The van der Waals surface area contributed by atoms with E-state index >= 15 is 0 Å². The highest BCUT2D eigenvalue weighted by atomic mass is 16.5. The summed E-state index contributed by atoms with van der Waals surface area (Å²) in [4.78, 5) is 11.0. The monoisotopic (exact) mass is 169 g/mol. The molecule has 0 bridgehead atoms. The Kier molecular flexibility index (Phi) is 3.13. The molecule has 0 unspecified atom stereocenters. The van der Waals surface area contributed by atoms with Crippen molar-refractivity contribution < 1.29 is 9.32 Å². The van der Waals surface area contributed by atoms with Crippen LogP contribution in [0.1, 0.15) is 13.3 Å². The van der Waals surface area contributed by atoms with E-state index in [1.807, 2.05) is 6.92 Å². The third-order valence-electron chi connectivity index (χ3n) is 1.23. The summed E-state index contributed by atoms with van der Waals surface area (Å²) in [6.45, 7) is 2.65. The summed E-state index contributed by atoms with van der Waals surface area (Å²) in [6.07, 6.45) is 3.72. The van der Waals surface area contributed by atoms with E-state index in [2.05, 4.69) is 20.3 Å². The first kappa shape index (κ1) is 8.58. The second-order valence-electron chi connectivity index (χ2n) is 2.29. The van der Waals surface area contributed by atoms with Crippen LogP contribution in [0.3, 0.4) is 0 Å². The SMILES string of the molecule is CCCNC(=O)Nc1cnoc1. The highest BCUT2D eigenvalue weighted by Crippen LogP contribution is 2.02. The van der Waals surface area contributed by atoms with Gasteiger partial charge in [0.25, 0.3) is 0 Å². The predicted octanol–water partition coefficient (Wildman–Crippen LogP) is 1.21. The van der Waals surface area contributed by atoms with Crippen molar-refractivity contribution in [2.24, 2.45) is 0 Å². The van der Waals surface area contributed by atoms with Crippen LogP contribution in [-0.4, -0.2) is 17.7 Å². The first-order valence-electron chi connectivity index (χ1n) is 3.77. The predicted molar refractivity (Wildman–Crippen MR) is 43.8 cm³/mol. The number of hydrogen-bond donors (Lipinski definition) is 2. The first-order chi connectivity index (χ1) is 5.83. The van der Waals surface area contributed by atoms with E-state index in [4.69, 9.17) is 0 Å².